The Labute approximate surface area is 116 Å². The van der Waals surface area contributed by atoms with Crippen molar-refractivity contribution in [2.75, 3.05) is 18.0 Å². The zero-order valence-corrected chi connectivity index (χ0v) is 11.1. The van der Waals surface area contributed by atoms with Crippen LogP contribution < -0.4 is 10.2 Å². The lowest BCUT2D eigenvalue weighted by molar-refractivity contribution is -0.138. The Balaban J connectivity index is 2.01. The lowest BCUT2D eigenvalue weighted by Gasteiger charge is -2.16. The number of benzene rings is 1. The first kappa shape index (κ1) is 14.0. The zero-order chi connectivity index (χ0) is 14.7. The summed E-state index contributed by atoms with van der Waals surface area (Å²) in [4.78, 5) is 35.7. The number of carbonyl (C=O) groups excluding carboxylic acids is 2. The predicted octanol–water partition coefficient (Wildman–Crippen LogP) is 0.549. The van der Waals surface area contributed by atoms with E-state index in [0.29, 0.717) is 0 Å². The number of hydrogen-bond donors (Lipinski definition) is 2. The molecule has 2 N–H and O–H groups in total. The molecule has 0 aromatic heterocycles. The van der Waals surface area contributed by atoms with E-state index in [9.17, 15) is 14.4 Å². The summed E-state index contributed by atoms with van der Waals surface area (Å²) in [5.74, 6) is -2.11. The molecule has 1 saturated heterocycles. The van der Waals surface area contributed by atoms with Gasteiger partial charge in [0, 0.05) is 18.7 Å². The van der Waals surface area contributed by atoms with E-state index in [-0.39, 0.29) is 18.9 Å². The summed E-state index contributed by atoms with van der Waals surface area (Å²) in [7, 11) is 0. The van der Waals surface area contributed by atoms with Crippen molar-refractivity contribution >= 4 is 23.5 Å². The average molecular weight is 276 g/mol. The van der Waals surface area contributed by atoms with Crippen LogP contribution in [0.25, 0.3) is 0 Å². The fourth-order valence-corrected chi connectivity index (χ4v) is 2.16. The number of rotatable bonds is 4. The molecule has 2 amide bonds. The number of hydrogen-bond acceptors (Lipinski definition) is 3. The van der Waals surface area contributed by atoms with Crippen LogP contribution in [-0.4, -0.2) is 36.0 Å². The molecular weight excluding hydrogens is 260 g/mol. The second-order valence-corrected chi connectivity index (χ2v) is 4.85. The molecule has 0 bridgehead atoms. The highest BCUT2D eigenvalue weighted by Crippen LogP contribution is 2.25. The summed E-state index contributed by atoms with van der Waals surface area (Å²) in [5, 5.41) is 10.8. The van der Waals surface area contributed by atoms with Gasteiger partial charge in [0.2, 0.25) is 11.8 Å². The molecule has 0 saturated carbocycles. The Morgan fingerprint density at radius 1 is 1.35 bits per heavy atom. The minimum atomic E-state index is -1.10. The number of nitrogens with one attached hydrogen (secondary N) is 1. The fourth-order valence-electron chi connectivity index (χ4n) is 2.16. The molecule has 1 aromatic rings. The number of aliphatic carboxylic acids is 1. The van der Waals surface area contributed by atoms with Gasteiger partial charge in [-0.1, -0.05) is 17.7 Å². The maximum atomic E-state index is 11.9. The van der Waals surface area contributed by atoms with Crippen molar-refractivity contribution in [2.45, 2.75) is 13.3 Å². The number of carboxylic acid groups (broad SMARTS) is 1. The van der Waals surface area contributed by atoms with Crippen molar-refractivity contribution in [1.82, 2.24) is 5.32 Å². The highest BCUT2D eigenvalue weighted by Gasteiger charge is 2.35. The Morgan fingerprint density at radius 2 is 2.00 bits per heavy atom. The largest absolute Gasteiger partial charge is 0.480 e. The molecule has 1 atom stereocenters. The molecule has 0 unspecified atom stereocenters. The van der Waals surface area contributed by atoms with Crippen LogP contribution >= 0.6 is 0 Å². The van der Waals surface area contributed by atoms with Crippen LogP contribution in [0.2, 0.25) is 0 Å². The number of anilines is 1. The quantitative estimate of drug-likeness (QED) is 0.840. The lowest BCUT2D eigenvalue weighted by Crippen LogP contribution is -2.36. The molecule has 6 nitrogen and oxygen atoms in total. The maximum absolute atomic E-state index is 11.9. The number of amides is 2. The molecule has 106 valence electrons. The first-order valence-electron chi connectivity index (χ1n) is 6.34. The first-order chi connectivity index (χ1) is 9.47. The molecule has 0 radical (unpaired) electrons. The third-order valence-corrected chi connectivity index (χ3v) is 3.26. The number of carboxylic acids is 1. The molecular formula is C14H16N2O4. The monoisotopic (exact) mass is 276 g/mol. The Kier molecular flexibility index (Phi) is 4.02. The van der Waals surface area contributed by atoms with Gasteiger partial charge in [0.15, 0.2) is 0 Å². The summed E-state index contributed by atoms with van der Waals surface area (Å²) >= 11 is 0. The second-order valence-electron chi connectivity index (χ2n) is 4.85. The van der Waals surface area contributed by atoms with Gasteiger partial charge in [-0.2, -0.15) is 0 Å². The highest BCUT2D eigenvalue weighted by atomic mass is 16.4. The van der Waals surface area contributed by atoms with E-state index in [0.717, 1.165) is 11.3 Å². The van der Waals surface area contributed by atoms with Gasteiger partial charge >= 0.3 is 5.97 Å². The molecule has 6 heteroatoms. The second kappa shape index (κ2) is 5.73. The van der Waals surface area contributed by atoms with Crippen LogP contribution in [0.1, 0.15) is 12.0 Å². The number of carbonyl (C=O) groups is 3. The Hall–Kier alpha value is -2.37. The average Bonchev–Trinajstić information content (AvgIpc) is 2.79. The van der Waals surface area contributed by atoms with Crippen molar-refractivity contribution in [3.8, 4) is 0 Å². The van der Waals surface area contributed by atoms with Crippen LogP contribution in [0, 0.1) is 12.8 Å². The van der Waals surface area contributed by atoms with Crippen LogP contribution in [0.3, 0.4) is 0 Å². The van der Waals surface area contributed by atoms with Crippen LogP contribution in [0.4, 0.5) is 5.69 Å². The topological polar surface area (TPSA) is 86.7 Å². The predicted molar refractivity (Wildman–Crippen MR) is 72.3 cm³/mol. The zero-order valence-electron chi connectivity index (χ0n) is 11.1. The maximum Gasteiger partial charge on any atom is 0.322 e. The molecule has 2 rings (SSSR count). The SMILES string of the molecule is Cc1ccc(N2C[C@@H](C(=O)NCC(=O)O)CC2=O)cc1. The van der Waals surface area contributed by atoms with Crippen molar-refractivity contribution in [2.24, 2.45) is 5.92 Å². The molecule has 20 heavy (non-hydrogen) atoms. The van der Waals surface area contributed by atoms with Gasteiger partial charge in [-0.15, -0.1) is 0 Å². The van der Waals surface area contributed by atoms with E-state index in [4.69, 9.17) is 5.11 Å². The molecule has 1 heterocycles. The van der Waals surface area contributed by atoms with E-state index in [1.807, 2.05) is 31.2 Å². The van der Waals surface area contributed by atoms with Gasteiger partial charge < -0.3 is 15.3 Å². The van der Waals surface area contributed by atoms with Crippen molar-refractivity contribution in [1.29, 1.82) is 0 Å². The molecule has 1 aliphatic heterocycles. The number of aryl methyl sites for hydroxylation is 1. The normalized spacial score (nSPS) is 18.1. The van der Waals surface area contributed by atoms with Gasteiger partial charge in [0.05, 0.1) is 5.92 Å². The van der Waals surface area contributed by atoms with Gasteiger partial charge in [-0.25, -0.2) is 0 Å². The summed E-state index contributed by atoms with van der Waals surface area (Å²) in [6, 6.07) is 7.48. The minimum Gasteiger partial charge on any atom is -0.480 e. The summed E-state index contributed by atoms with van der Waals surface area (Å²) < 4.78 is 0. The fraction of sp³-hybridized carbons (Fsp3) is 0.357. The third kappa shape index (κ3) is 3.14. The Bertz CT molecular complexity index is 539. The summed E-state index contributed by atoms with van der Waals surface area (Å²) in [5.41, 5.74) is 1.85. The van der Waals surface area contributed by atoms with Crippen molar-refractivity contribution < 1.29 is 19.5 Å². The minimum absolute atomic E-state index is 0.110. The van der Waals surface area contributed by atoms with E-state index in [1.165, 1.54) is 0 Å². The van der Waals surface area contributed by atoms with Gasteiger partial charge in [0.1, 0.15) is 6.54 Å². The molecule has 0 aliphatic carbocycles. The van der Waals surface area contributed by atoms with Crippen molar-refractivity contribution in [3.05, 3.63) is 29.8 Å². The first-order valence-corrected chi connectivity index (χ1v) is 6.34. The third-order valence-electron chi connectivity index (χ3n) is 3.26. The van der Waals surface area contributed by atoms with E-state index in [2.05, 4.69) is 5.32 Å². The summed E-state index contributed by atoms with van der Waals surface area (Å²) in [6.07, 6.45) is 0.110. The van der Waals surface area contributed by atoms with Crippen LogP contribution in [-0.2, 0) is 14.4 Å². The smallest absolute Gasteiger partial charge is 0.322 e. The van der Waals surface area contributed by atoms with Gasteiger partial charge in [0.25, 0.3) is 0 Å². The van der Waals surface area contributed by atoms with Gasteiger partial charge in [-0.3, -0.25) is 14.4 Å². The highest BCUT2D eigenvalue weighted by molar-refractivity contribution is 6.00. The van der Waals surface area contributed by atoms with E-state index < -0.39 is 24.3 Å². The van der Waals surface area contributed by atoms with Crippen LogP contribution in [0.15, 0.2) is 24.3 Å². The summed E-state index contributed by atoms with van der Waals surface area (Å²) in [6.45, 7) is 1.82. The number of nitrogens with zero attached hydrogens (tertiary/aromatic N) is 1. The Morgan fingerprint density at radius 3 is 2.60 bits per heavy atom. The van der Waals surface area contributed by atoms with Crippen molar-refractivity contribution in [3.63, 3.8) is 0 Å². The molecule has 1 aromatic carbocycles. The molecule has 1 aliphatic rings. The molecule has 1 fully saturated rings. The van der Waals surface area contributed by atoms with Gasteiger partial charge in [-0.05, 0) is 19.1 Å². The standard InChI is InChI=1S/C14H16N2O4/c1-9-2-4-11(5-3-9)16-8-10(6-12(16)17)14(20)15-7-13(18)19/h2-5,10H,6-8H2,1H3,(H,15,20)(H,18,19)/t10-/m0/s1. The lowest BCUT2D eigenvalue weighted by atomic mass is 10.1. The van der Waals surface area contributed by atoms with Crippen LogP contribution in [0.5, 0.6) is 0 Å². The van der Waals surface area contributed by atoms with E-state index in [1.54, 1.807) is 4.90 Å². The van der Waals surface area contributed by atoms with E-state index >= 15 is 0 Å². The molecule has 0 spiro atoms.